The minimum absolute atomic E-state index is 0.490. The molecule has 1 aromatic carbocycles. The molecule has 0 saturated carbocycles. The van der Waals surface area contributed by atoms with Crippen molar-refractivity contribution in [3.8, 4) is 0 Å². The van der Waals surface area contributed by atoms with Gasteiger partial charge in [-0.2, -0.15) is 0 Å². The van der Waals surface area contributed by atoms with E-state index in [0.29, 0.717) is 5.13 Å². The van der Waals surface area contributed by atoms with Crippen molar-refractivity contribution in [1.29, 1.82) is 0 Å². The van der Waals surface area contributed by atoms with E-state index in [1.54, 1.807) is 0 Å². The summed E-state index contributed by atoms with van der Waals surface area (Å²) in [6, 6.07) is 8.02. The molecule has 0 unspecified atom stereocenters. The number of halogens is 1. The molecule has 0 radical (unpaired) electrons. The molecule has 1 heterocycles. The van der Waals surface area contributed by atoms with Crippen LogP contribution in [0.1, 0.15) is 10.6 Å². The van der Waals surface area contributed by atoms with E-state index in [1.807, 2.05) is 36.4 Å². The van der Waals surface area contributed by atoms with Gasteiger partial charge in [0.05, 0.1) is 0 Å². The fraction of sp³-hybridized carbons (Fsp3) is 0. The molecule has 0 atom stereocenters. The first-order chi connectivity index (χ1) is 7.24. The molecule has 0 aliphatic heterocycles. The molecule has 15 heavy (non-hydrogen) atoms. The lowest BCUT2D eigenvalue weighted by Crippen LogP contribution is -1.79. The highest BCUT2D eigenvalue weighted by Gasteiger charge is 1.95. The van der Waals surface area contributed by atoms with Crippen molar-refractivity contribution in [2.75, 3.05) is 5.73 Å². The molecular weight excluding hydrogens is 274 g/mol. The first-order valence-corrected chi connectivity index (χ1v) is 5.87. The lowest BCUT2D eigenvalue weighted by molar-refractivity contribution is 1.09. The van der Waals surface area contributed by atoms with Crippen LogP contribution in [0, 0.1) is 0 Å². The highest BCUT2D eigenvalue weighted by atomic mass is 79.9. The molecule has 76 valence electrons. The molecule has 3 nitrogen and oxygen atoms in total. The van der Waals surface area contributed by atoms with Gasteiger partial charge in [0.25, 0.3) is 0 Å². The summed E-state index contributed by atoms with van der Waals surface area (Å²) in [7, 11) is 0. The Morgan fingerprint density at radius 3 is 2.80 bits per heavy atom. The lowest BCUT2D eigenvalue weighted by atomic mass is 10.2. The van der Waals surface area contributed by atoms with E-state index in [4.69, 9.17) is 5.73 Å². The Bertz CT molecular complexity index is 493. The number of anilines is 1. The Labute approximate surface area is 99.8 Å². The quantitative estimate of drug-likeness (QED) is 0.921. The maximum Gasteiger partial charge on any atom is 0.203 e. The largest absolute Gasteiger partial charge is 0.374 e. The van der Waals surface area contributed by atoms with Gasteiger partial charge in [0, 0.05) is 4.47 Å². The first kappa shape index (κ1) is 10.3. The number of nitrogen functional groups attached to an aromatic ring is 1. The van der Waals surface area contributed by atoms with Crippen LogP contribution in [0.4, 0.5) is 5.13 Å². The molecular formula is C10H8BrN3S. The van der Waals surface area contributed by atoms with E-state index in [9.17, 15) is 0 Å². The van der Waals surface area contributed by atoms with Crippen LogP contribution in [0.3, 0.4) is 0 Å². The third kappa shape index (κ3) is 2.87. The van der Waals surface area contributed by atoms with Crippen molar-refractivity contribution in [2.24, 2.45) is 0 Å². The molecule has 0 saturated heterocycles. The summed E-state index contributed by atoms with van der Waals surface area (Å²) in [4.78, 5) is 0. The summed E-state index contributed by atoms with van der Waals surface area (Å²) in [6.45, 7) is 0. The van der Waals surface area contributed by atoms with E-state index in [2.05, 4.69) is 26.1 Å². The van der Waals surface area contributed by atoms with Gasteiger partial charge in [-0.25, -0.2) is 0 Å². The van der Waals surface area contributed by atoms with E-state index < -0.39 is 0 Å². The predicted octanol–water partition coefficient (Wildman–Crippen LogP) is 3.05. The van der Waals surface area contributed by atoms with Crippen molar-refractivity contribution < 1.29 is 0 Å². The highest BCUT2D eigenvalue weighted by Crippen LogP contribution is 2.16. The molecule has 0 fully saturated rings. The number of hydrogen-bond acceptors (Lipinski definition) is 4. The number of aromatic nitrogens is 2. The zero-order chi connectivity index (χ0) is 10.7. The zero-order valence-electron chi connectivity index (χ0n) is 7.72. The van der Waals surface area contributed by atoms with E-state index in [-0.39, 0.29) is 0 Å². The van der Waals surface area contributed by atoms with Crippen molar-refractivity contribution in [1.82, 2.24) is 10.2 Å². The van der Waals surface area contributed by atoms with E-state index in [1.165, 1.54) is 11.3 Å². The monoisotopic (exact) mass is 281 g/mol. The molecule has 1 aromatic heterocycles. The molecule has 0 bridgehead atoms. The van der Waals surface area contributed by atoms with Crippen LogP contribution in [0.15, 0.2) is 28.7 Å². The molecule has 2 rings (SSSR count). The van der Waals surface area contributed by atoms with Crippen molar-refractivity contribution >= 4 is 44.6 Å². The Kier molecular flexibility index (Phi) is 3.13. The predicted molar refractivity (Wildman–Crippen MR) is 67.4 cm³/mol. The van der Waals surface area contributed by atoms with Gasteiger partial charge < -0.3 is 5.73 Å². The standard InChI is InChI=1S/C10H8BrN3S/c11-8-3-1-2-7(6-8)4-5-9-13-14-10(12)15-9/h1-6H,(H2,12,14)/b5-4+. The van der Waals surface area contributed by atoms with Gasteiger partial charge in [0.2, 0.25) is 5.13 Å². The van der Waals surface area contributed by atoms with Crippen LogP contribution in [0.5, 0.6) is 0 Å². The second-order valence-electron chi connectivity index (χ2n) is 2.87. The molecule has 0 aliphatic carbocycles. The van der Waals surface area contributed by atoms with Crippen LogP contribution in [-0.4, -0.2) is 10.2 Å². The summed E-state index contributed by atoms with van der Waals surface area (Å²) in [5.41, 5.74) is 6.58. The average molecular weight is 282 g/mol. The summed E-state index contributed by atoms with van der Waals surface area (Å²) in [5.74, 6) is 0. The molecule has 0 amide bonds. The number of nitrogens with zero attached hydrogens (tertiary/aromatic N) is 2. The summed E-state index contributed by atoms with van der Waals surface area (Å²) >= 11 is 4.78. The van der Waals surface area contributed by atoms with Crippen LogP contribution < -0.4 is 5.73 Å². The molecule has 0 spiro atoms. The van der Waals surface area contributed by atoms with Crippen LogP contribution in [-0.2, 0) is 0 Å². The fourth-order valence-electron chi connectivity index (χ4n) is 1.09. The minimum Gasteiger partial charge on any atom is -0.374 e. The number of benzene rings is 1. The topological polar surface area (TPSA) is 51.8 Å². The van der Waals surface area contributed by atoms with Gasteiger partial charge >= 0.3 is 0 Å². The zero-order valence-corrected chi connectivity index (χ0v) is 10.1. The maximum atomic E-state index is 5.48. The number of hydrogen-bond donors (Lipinski definition) is 1. The average Bonchev–Trinajstić information content (AvgIpc) is 2.62. The molecule has 2 N–H and O–H groups in total. The number of nitrogens with two attached hydrogens (primary N) is 1. The Balaban J connectivity index is 2.18. The minimum atomic E-state index is 0.490. The molecule has 2 aromatic rings. The van der Waals surface area contributed by atoms with Crippen LogP contribution >= 0.6 is 27.3 Å². The smallest absolute Gasteiger partial charge is 0.203 e. The van der Waals surface area contributed by atoms with Gasteiger partial charge in [-0.1, -0.05) is 45.5 Å². The summed E-state index contributed by atoms with van der Waals surface area (Å²) < 4.78 is 1.06. The molecule has 5 heteroatoms. The SMILES string of the molecule is Nc1nnc(/C=C/c2cccc(Br)c2)s1. The number of rotatable bonds is 2. The normalized spacial score (nSPS) is 11.0. The third-order valence-corrected chi connectivity index (χ3v) is 2.93. The Hall–Kier alpha value is -1.20. The van der Waals surface area contributed by atoms with Gasteiger partial charge in [-0.15, -0.1) is 10.2 Å². The second kappa shape index (κ2) is 4.55. The van der Waals surface area contributed by atoms with Gasteiger partial charge in [0.15, 0.2) is 0 Å². The van der Waals surface area contributed by atoms with Gasteiger partial charge in [0.1, 0.15) is 5.01 Å². The first-order valence-electron chi connectivity index (χ1n) is 4.27. The Morgan fingerprint density at radius 1 is 1.27 bits per heavy atom. The van der Waals surface area contributed by atoms with Crippen LogP contribution in [0.25, 0.3) is 12.2 Å². The highest BCUT2D eigenvalue weighted by molar-refractivity contribution is 9.10. The van der Waals surface area contributed by atoms with E-state index >= 15 is 0 Å². The third-order valence-electron chi connectivity index (χ3n) is 1.72. The van der Waals surface area contributed by atoms with Crippen molar-refractivity contribution in [3.05, 3.63) is 39.3 Å². The van der Waals surface area contributed by atoms with Crippen LogP contribution in [0.2, 0.25) is 0 Å². The van der Waals surface area contributed by atoms with Gasteiger partial charge in [-0.05, 0) is 23.8 Å². The maximum absolute atomic E-state index is 5.48. The van der Waals surface area contributed by atoms with Crippen molar-refractivity contribution in [3.63, 3.8) is 0 Å². The second-order valence-corrected chi connectivity index (χ2v) is 4.82. The fourth-order valence-corrected chi connectivity index (χ4v) is 2.02. The lowest BCUT2D eigenvalue weighted by Gasteiger charge is -1.92. The summed E-state index contributed by atoms with van der Waals surface area (Å²) in [6.07, 6.45) is 3.88. The summed E-state index contributed by atoms with van der Waals surface area (Å²) in [5, 5.41) is 8.93. The van der Waals surface area contributed by atoms with E-state index in [0.717, 1.165) is 15.0 Å². The molecule has 0 aliphatic rings. The van der Waals surface area contributed by atoms with Crippen molar-refractivity contribution in [2.45, 2.75) is 0 Å². The Morgan fingerprint density at radius 2 is 2.13 bits per heavy atom. The van der Waals surface area contributed by atoms with Gasteiger partial charge in [-0.3, -0.25) is 0 Å².